The molecule has 0 amide bonds. The van der Waals surface area contributed by atoms with Gasteiger partial charge in [0.1, 0.15) is 0 Å². The molecule has 0 heterocycles. The van der Waals surface area contributed by atoms with Crippen LogP contribution in [0.1, 0.15) is 0 Å². The molecule has 0 aromatic rings. The van der Waals surface area contributed by atoms with Crippen LogP contribution in [0.3, 0.4) is 0 Å². The third-order valence-corrected chi connectivity index (χ3v) is 22.7. The topological polar surface area (TPSA) is 0 Å². The van der Waals surface area contributed by atoms with Crippen LogP contribution in [0.25, 0.3) is 0 Å². The van der Waals surface area contributed by atoms with Crippen LogP contribution in [0.4, 0.5) is 0 Å². The zero-order chi connectivity index (χ0) is 7.71. The Labute approximate surface area is 66.6 Å². The quantitative estimate of drug-likeness (QED) is 0.599. The fourth-order valence-electron chi connectivity index (χ4n) is 0.919. The molecule has 0 spiro atoms. The first-order chi connectivity index (χ1) is 3.71. The van der Waals surface area contributed by atoms with Crippen molar-refractivity contribution in [3.8, 4) is 0 Å². The van der Waals surface area contributed by atoms with Crippen molar-refractivity contribution in [3.05, 3.63) is 0 Å². The van der Waals surface area contributed by atoms with Crippen LogP contribution in [0.15, 0.2) is 0 Å². The second-order valence-corrected chi connectivity index (χ2v) is 27.9. The molecule has 0 aliphatic rings. The first kappa shape index (κ1) is 9.97. The summed E-state index contributed by atoms with van der Waals surface area (Å²) in [5.74, 6) is 0. The Morgan fingerprint density at radius 1 is 0.667 bits per heavy atom. The zero-order valence-electron chi connectivity index (χ0n) is 7.41. The fraction of sp³-hybridized carbons (Fsp3) is 1.00. The van der Waals surface area contributed by atoms with E-state index in [4.69, 9.17) is 0 Å². The maximum atomic E-state index is 2.49. The van der Waals surface area contributed by atoms with Gasteiger partial charge in [-0.05, 0) is 0 Å². The van der Waals surface area contributed by atoms with Gasteiger partial charge in [0.15, 0.2) is 0 Å². The summed E-state index contributed by atoms with van der Waals surface area (Å²) in [6.07, 6.45) is 0. The van der Waals surface area contributed by atoms with Gasteiger partial charge >= 0.3 is 66.5 Å². The molecule has 0 aromatic carbocycles. The molecule has 0 aliphatic heterocycles. The van der Waals surface area contributed by atoms with E-state index in [1.54, 1.807) is 0 Å². The number of hydrogen-bond donors (Lipinski definition) is 0. The predicted octanol–water partition coefficient (Wildman–Crippen LogP) is 2.74. The molecule has 0 saturated heterocycles. The van der Waals surface area contributed by atoms with Crippen LogP contribution in [0.2, 0.25) is 39.3 Å². The molecule has 0 radical (unpaired) electrons. The van der Waals surface area contributed by atoms with Gasteiger partial charge in [0.2, 0.25) is 0 Å². The number of rotatable bonds is 2. The van der Waals surface area contributed by atoms with Crippen LogP contribution < -0.4 is 0 Å². The van der Waals surface area contributed by atoms with Crippen LogP contribution in [0, 0.1) is 0 Å². The van der Waals surface area contributed by atoms with Gasteiger partial charge in [0.05, 0.1) is 0 Å². The van der Waals surface area contributed by atoms with Gasteiger partial charge in [-0.3, -0.25) is 0 Å². The Morgan fingerprint density at radius 2 is 0.889 bits per heavy atom. The molecule has 3 heteroatoms. The third-order valence-electron chi connectivity index (χ3n) is 0.612. The van der Waals surface area contributed by atoms with Gasteiger partial charge < -0.3 is 0 Å². The van der Waals surface area contributed by atoms with Crippen molar-refractivity contribution in [3.63, 3.8) is 0 Å². The number of hydrogen-bond acceptors (Lipinski definition) is 0. The van der Waals surface area contributed by atoms with E-state index in [0.29, 0.717) is 0 Å². The summed E-state index contributed by atoms with van der Waals surface area (Å²) in [6.45, 7) is 13.6. The summed E-state index contributed by atoms with van der Waals surface area (Å²) in [5.41, 5.74) is 0. The van der Waals surface area contributed by atoms with Gasteiger partial charge in [-0.15, -0.1) is 0 Å². The van der Waals surface area contributed by atoms with E-state index in [9.17, 15) is 0 Å². The summed E-state index contributed by atoms with van der Waals surface area (Å²) in [7, 11) is 0. The first-order valence-corrected chi connectivity index (χ1v) is 14.0. The van der Waals surface area contributed by atoms with E-state index in [2.05, 4.69) is 39.3 Å². The maximum absolute atomic E-state index is 2.49. The summed E-state index contributed by atoms with van der Waals surface area (Å²) in [4.78, 5) is 0. The summed E-state index contributed by atoms with van der Waals surface area (Å²) >= 11 is 1.03. The molecule has 0 saturated carbocycles. The van der Waals surface area contributed by atoms with E-state index in [0.717, 1.165) is 13.9 Å². The molecule has 0 nitrogen and oxygen atoms in total. The third kappa shape index (κ3) is 8.97. The van der Waals surface area contributed by atoms with Crippen molar-refractivity contribution in [2.24, 2.45) is 0 Å². The molecule has 0 atom stereocenters. The van der Waals surface area contributed by atoms with Gasteiger partial charge in [-0.1, -0.05) is 0 Å². The SMILES string of the molecule is C[Si](C)(C)[Cr][Si](C)(C)C. The van der Waals surface area contributed by atoms with Crippen molar-refractivity contribution in [1.29, 1.82) is 0 Å². The van der Waals surface area contributed by atoms with Gasteiger partial charge in [0.25, 0.3) is 0 Å². The molecule has 0 fully saturated rings. The molecule has 0 rings (SSSR count). The van der Waals surface area contributed by atoms with Crippen LogP contribution in [-0.4, -0.2) is 13.3 Å². The molecule has 9 heavy (non-hydrogen) atoms. The predicted molar refractivity (Wildman–Crippen MR) is 46.7 cm³/mol. The second-order valence-electron chi connectivity index (χ2n) is 4.33. The Morgan fingerprint density at radius 3 is 0.889 bits per heavy atom. The summed E-state index contributed by atoms with van der Waals surface area (Å²) in [5, 5.41) is 0. The molecule has 56 valence electrons. The monoisotopic (exact) mass is 198 g/mol. The standard InChI is InChI=1S/2C3H9Si.Cr/c2*1-4(2)3;/h2*1-3H3;. The normalized spacial score (nSPS) is 14.0. The second kappa shape index (κ2) is 2.92. The van der Waals surface area contributed by atoms with E-state index in [-0.39, 0.29) is 0 Å². The average Bonchev–Trinajstić information content (AvgIpc) is 1.14. The molecule has 0 unspecified atom stereocenters. The minimum absolute atomic E-state index is 0.668. The average molecular weight is 198 g/mol. The van der Waals surface area contributed by atoms with Gasteiger partial charge in [0, 0.05) is 0 Å². The van der Waals surface area contributed by atoms with Crippen LogP contribution in [0.5, 0.6) is 0 Å². The van der Waals surface area contributed by atoms with E-state index < -0.39 is 13.3 Å². The van der Waals surface area contributed by atoms with E-state index >= 15 is 0 Å². The molecule has 0 bridgehead atoms. The summed E-state index contributed by atoms with van der Waals surface area (Å²) in [6, 6.07) is 0. The Hall–Kier alpha value is 0.966. The Bertz CT molecular complexity index is 76.2. The van der Waals surface area contributed by atoms with Crippen molar-refractivity contribution in [2.45, 2.75) is 39.3 Å². The van der Waals surface area contributed by atoms with Crippen molar-refractivity contribution < 1.29 is 13.9 Å². The molecule has 0 N–H and O–H groups in total. The Kier molecular flexibility index (Phi) is 3.23. The minimum atomic E-state index is -0.668. The van der Waals surface area contributed by atoms with Crippen LogP contribution >= 0.6 is 0 Å². The van der Waals surface area contributed by atoms with Crippen LogP contribution in [-0.2, 0) is 13.9 Å². The molecule has 0 aliphatic carbocycles. The summed E-state index contributed by atoms with van der Waals surface area (Å²) < 4.78 is 0. The van der Waals surface area contributed by atoms with Crippen molar-refractivity contribution in [2.75, 3.05) is 0 Å². The molecular formula is C6H18CrSi2. The van der Waals surface area contributed by atoms with E-state index in [1.165, 1.54) is 0 Å². The van der Waals surface area contributed by atoms with Gasteiger partial charge in [-0.25, -0.2) is 0 Å². The van der Waals surface area contributed by atoms with Gasteiger partial charge in [-0.2, -0.15) is 0 Å². The fourth-order valence-corrected chi connectivity index (χ4v) is 34.1. The van der Waals surface area contributed by atoms with E-state index in [1.807, 2.05) is 0 Å². The van der Waals surface area contributed by atoms with Crippen molar-refractivity contribution >= 4 is 13.3 Å². The molecular weight excluding hydrogens is 180 g/mol. The zero-order valence-corrected chi connectivity index (χ0v) is 10.7. The Balaban J connectivity index is 3.75. The molecule has 0 aromatic heterocycles. The first-order valence-electron chi connectivity index (χ1n) is 3.41. The van der Waals surface area contributed by atoms with Crippen molar-refractivity contribution in [1.82, 2.24) is 0 Å².